The van der Waals surface area contributed by atoms with Gasteiger partial charge in [-0.25, -0.2) is 9.37 Å². The maximum Gasteiger partial charge on any atom is 0.216 e. The molecule has 0 saturated heterocycles. The lowest BCUT2D eigenvalue weighted by molar-refractivity contribution is 0.389. The first kappa shape index (κ1) is 8.97. The van der Waals surface area contributed by atoms with Crippen LogP contribution in [-0.4, -0.2) is 12.1 Å². The molecule has 0 aliphatic carbocycles. The van der Waals surface area contributed by atoms with Crippen LogP contribution < -0.4 is 4.74 Å². The van der Waals surface area contributed by atoms with Crippen LogP contribution in [0.2, 0.25) is 0 Å². The highest BCUT2D eigenvalue weighted by Crippen LogP contribution is 2.18. The van der Waals surface area contributed by atoms with Crippen molar-refractivity contribution in [3.63, 3.8) is 0 Å². The summed E-state index contributed by atoms with van der Waals surface area (Å²) >= 11 is 0. The fourth-order valence-electron chi connectivity index (χ4n) is 0.953. The van der Waals surface area contributed by atoms with Crippen molar-refractivity contribution in [1.29, 1.82) is 0 Å². The van der Waals surface area contributed by atoms with Gasteiger partial charge >= 0.3 is 0 Å². The second kappa shape index (κ2) is 3.52. The number of rotatable bonds is 2. The third-order valence-electron chi connectivity index (χ3n) is 1.65. The van der Waals surface area contributed by atoms with E-state index in [9.17, 15) is 4.39 Å². The average molecular weight is 168 g/mol. The zero-order valence-electron chi connectivity index (χ0n) is 7.22. The summed E-state index contributed by atoms with van der Waals surface area (Å²) in [6.45, 7) is 5.25. The number of ether oxygens (including phenoxy) is 1. The molecule has 0 saturated carbocycles. The summed E-state index contributed by atoms with van der Waals surface area (Å²) < 4.78 is 17.9. The molecule has 0 aromatic carbocycles. The molecule has 0 unspecified atom stereocenters. The third kappa shape index (κ3) is 1.55. The lowest BCUT2D eigenvalue weighted by Crippen LogP contribution is -1.98. The molecule has 1 rings (SSSR count). The van der Waals surface area contributed by atoms with Crippen molar-refractivity contribution in [3.8, 4) is 5.88 Å². The van der Waals surface area contributed by atoms with Gasteiger partial charge in [0.25, 0.3) is 0 Å². The van der Waals surface area contributed by atoms with E-state index in [4.69, 9.17) is 4.74 Å². The van der Waals surface area contributed by atoms with Crippen molar-refractivity contribution in [2.75, 3.05) is 7.11 Å². The van der Waals surface area contributed by atoms with E-state index in [-0.39, 0.29) is 5.82 Å². The van der Waals surface area contributed by atoms with Gasteiger partial charge in [0.2, 0.25) is 5.88 Å². The molecule has 1 aromatic heterocycles. The summed E-state index contributed by atoms with van der Waals surface area (Å²) in [6.07, 6.45) is 0.480. The molecule has 12 heavy (non-hydrogen) atoms. The lowest BCUT2D eigenvalue weighted by atomic mass is 10.2. The van der Waals surface area contributed by atoms with E-state index in [1.165, 1.54) is 13.2 Å². The first-order chi connectivity index (χ1) is 5.69. The Labute approximate surface area is 71.4 Å². The Morgan fingerprint density at radius 1 is 1.67 bits per heavy atom. The van der Waals surface area contributed by atoms with Crippen molar-refractivity contribution in [1.82, 2.24) is 4.98 Å². The average Bonchev–Trinajstić information content (AvgIpc) is 2.09. The van der Waals surface area contributed by atoms with Gasteiger partial charge in [-0.2, -0.15) is 0 Å². The van der Waals surface area contributed by atoms with E-state index < -0.39 is 0 Å². The van der Waals surface area contributed by atoms with Crippen LogP contribution in [-0.2, 0) is 6.42 Å². The monoisotopic (exact) mass is 168 g/mol. The van der Waals surface area contributed by atoms with E-state index in [1.807, 2.05) is 0 Å². The Balaban J connectivity index is 3.19. The topological polar surface area (TPSA) is 22.1 Å². The maximum atomic E-state index is 12.9. The quantitative estimate of drug-likeness (QED) is 0.673. The van der Waals surface area contributed by atoms with Crippen LogP contribution in [0.5, 0.6) is 5.88 Å². The van der Waals surface area contributed by atoms with E-state index in [0.717, 1.165) is 0 Å². The maximum absolute atomic E-state index is 12.9. The summed E-state index contributed by atoms with van der Waals surface area (Å²) in [4.78, 5) is 3.92. The van der Waals surface area contributed by atoms with Crippen LogP contribution in [0, 0.1) is 19.7 Å². The van der Waals surface area contributed by atoms with Crippen LogP contribution in [0.4, 0.5) is 4.39 Å². The largest absolute Gasteiger partial charge is 0.481 e. The standard InChI is InChI=1S/C9H11FNO/c1-4-7-5-8(10)6(2)11-9(7)12-3/h5H,1,4H2,2-3H3. The number of hydrogen-bond acceptors (Lipinski definition) is 2. The van der Waals surface area contributed by atoms with Crippen molar-refractivity contribution >= 4 is 0 Å². The minimum Gasteiger partial charge on any atom is -0.481 e. The molecule has 65 valence electrons. The van der Waals surface area contributed by atoms with E-state index >= 15 is 0 Å². The van der Waals surface area contributed by atoms with E-state index in [0.29, 0.717) is 23.6 Å². The minimum atomic E-state index is -0.311. The number of aromatic nitrogens is 1. The highest BCUT2D eigenvalue weighted by molar-refractivity contribution is 5.29. The molecule has 1 heterocycles. The van der Waals surface area contributed by atoms with Crippen LogP contribution in [0.3, 0.4) is 0 Å². The van der Waals surface area contributed by atoms with Crippen molar-refractivity contribution in [2.45, 2.75) is 13.3 Å². The predicted molar refractivity (Wildman–Crippen MR) is 44.5 cm³/mol. The van der Waals surface area contributed by atoms with Crippen LogP contribution >= 0.6 is 0 Å². The highest BCUT2D eigenvalue weighted by Gasteiger charge is 2.07. The first-order valence-corrected chi connectivity index (χ1v) is 3.68. The second-order valence-electron chi connectivity index (χ2n) is 2.47. The lowest BCUT2D eigenvalue weighted by Gasteiger charge is -2.06. The molecule has 3 heteroatoms. The Kier molecular flexibility index (Phi) is 2.63. The minimum absolute atomic E-state index is 0.311. The molecular formula is C9H11FNO. The van der Waals surface area contributed by atoms with Crippen LogP contribution in [0.25, 0.3) is 0 Å². The molecule has 0 amide bonds. The van der Waals surface area contributed by atoms with Gasteiger partial charge in [0.1, 0.15) is 5.82 Å². The fourth-order valence-corrected chi connectivity index (χ4v) is 0.953. The fraction of sp³-hybridized carbons (Fsp3) is 0.333. The van der Waals surface area contributed by atoms with Crippen LogP contribution in [0.1, 0.15) is 11.3 Å². The zero-order valence-corrected chi connectivity index (χ0v) is 7.22. The predicted octanol–water partition coefficient (Wildman–Crippen LogP) is 1.91. The van der Waals surface area contributed by atoms with Gasteiger partial charge < -0.3 is 4.74 Å². The van der Waals surface area contributed by atoms with Gasteiger partial charge in [-0.1, -0.05) is 0 Å². The van der Waals surface area contributed by atoms with Crippen LogP contribution in [0.15, 0.2) is 6.07 Å². The summed E-state index contributed by atoms with van der Waals surface area (Å²) in [7, 11) is 1.51. The van der Waals surface area contributed by atoms with E-state index in [2.05, 4.69) is 11.9 Å². The molecule has 1 radical (unpaired) electrons. The van der Waals surface area contributed by atoms with Gasteiger partial charge in [0, 0.05) is 5.56 Å². The Morgan fingerprint density at radius 2 is 2.33 bits per heavy atom. The molecule has 2 nitrogen and oxygen atoms in total. The van der Waals surface area contributed by atoms with Gasteiger partial charge in [0.15, 0.2) is 0 Å². The number of halogens is 1. The van der Waals surface area contributed by atoms with E-state index in [1.54, 1.807) is 6.92 Å². The number of methoxy groups -OCH3 is 1. The van der Waals surface area contributed by atoms with Gasteiger partial charge in [0.05, 0.1) is 12.8 Å². The number of nitrogens with zero attached hydrogens (tertiary/aromatic N) is 1. The molecule has 1 aromatic rings. The van der Waals surface area contributed by atoms with Gasteiger partial charge in [-0.15, -0.1) is 0 Å². The van der Waals surface area contributed by atoms with Crippen molar-refractivity contribution < 1.29 is 9.13 Å². The van der Waals surface area contributed by atoms with Gasteiger partial charge in [-0.05, 0) is 26.3 Å². The molecule has 0 atom stereocenters. The summed E-state index contributed by atoms with van der Waals surface area (Å²) in [5.74, 6) is 0.151. The number of pyridine rings is 1. The smallest absolute Gasteiger partial charge is 0.216 e. The second-order valence-corrected chi connectivity index (χ2v) is 2.47. The SMILES string of the molecule is [CH2]Cc1cc(F)c(C)nc1OC. The molecular weight excluding hydrogens is 157 g/mol. The molecule has 0 bridgehead atoms. The number of aryl methyl sites for hydroxylation is 1. The molecule has 0 aliphatic heterocycles. The normalized spacial score (nSPS) is 10.0. The Hall–Kier alpha value is -1.12. The zero-order chi connectivity index (χ0) is 9.14. The third-order valence-corrected chi connectivity index (χ3v) is 1.65. The summed E-state index contributed by atoms with van der Waals surface area (Å²) in [6, 6.07) is 1.41. The van der Waals surface area contributed by atoms with Gasteiger partial charge in [-0.3, -0.25) is 0 Å². The van der Waals surface area contributed by atoms with Crippen molar-refractivity contribution in [3.05, 3.63) is 30.1 Å². The summed E-state index contributed by atoms with van der Waals surface area (Å²) in [5.41, 5.74) is 1.05. The summed E-state index contributed by atoms with van der Waals surface area (Å²) in [5, 5.41) is 0. The van der Waals surface area contributed by atoms with Crippen molar-refractivity contribution in [2.24, 2.45) is 0 Å². The highest BCUT2D eigenvalue weighted by atomic mass is 19.1. The molecule has 0 fully saturated rings. The number of hydrogen-bond donors (Lipinski definition) is 0. The first-order valence-electron chi connectivity index (χ1n) is 3.68. The Bertz CT molecular complexity index is 257. The molecule has 0 spiro atoms. The molecule has 0 aliphatic rings. The molecule has 0 N–H and O–H groups in total. The Morgan fingerprint density at radius 3 is 2.83 bits per heavy atom.